The van der Waals surface area contributed by atoms with Crippen LogP contribution in [0.1, 0.15) is 56.1 Å². The predicted octanol–water partition coefficient (Wildman–Crippen LogP) is 6.08. The summed E-state index contributed by atoms with van der Waals surface area (Å²) in [5.41, 5.74) is 4.04. The molecule has 8 heteroatoms. The molecule has 1 aliphatic rings. The molecule has 0 aliphatic heterocycles. The minimum Gasteiger partial charge on any atom is -0.353 e. The van der Waals surface area contributed by atoms with Crippen LogP contribution in [0.3, 0.4) is 0 Å². The van der Waals surface area contributed by atoms with Crippen LogP contribution < -0.4 is 10.6 Å². The first-order chi connectivity index (χ1) is 15.5. The Hall–Kier alpha value is -2.15. The number of nitrogens with zero attached hydrogens (tertiary/aromatic N) is 4. The molecule has 2 heterocycles. The topological polar surface area (TPSA) is 67.1 Å². The molecule has 2 aromatic heterocycles. The smallest absolute Gasteiger partial charge is 0.227 e. The number of rotatable bonds is 7. The summed E-state index contributed by atoms with van der Waals surface area (Å²) in [6.45, 7) is 7.43. The minimum absolute atomic E-state index is 0.575. The van der Waals surface area contributed by atoms with E-state index in [-0.39, 0.29) is 0 Å². The van der Waals surface area contributed by atoms with E-state index in [0.29, 0.717) is 33.5 Å². The third-order valence-electron chi connectivity index (χ3n) is 5.89. The van der Waals surface area contributed by atoms with Gasteiger partial charge in [0.1, 0.15) is 5.82 Å². The standard InChI is InChI=1S/C24H30Cl2N6/c1-4-8-17-13-19(25)22(20(26)14-17)21-15(2)31-32-23(21)29-16(3)30-24(32)28-12-11-27-18-9-6-5-7-10-18/h4,8,13-14,18,27H,5-7,9-12H2,1-3H3,(H,28,29,30)/b8-4-. The Labute approximate surface area is 199 Å². The zero-order chi connectivity index (χ0) is 22.7. The van der Waals surface area contributed by atoms with Gasteiger partial charge >= 0.3 is 0 Å². The van der Waals surface area contributed by atoms with Gasteiger partial charge in [0.05, 0.1) is 21.3 Å². The van der Waals surface area contributed by atoms with E-state index in [1.165, 1.54) is 32.1 Å². The second-order valence-electron chi connectivity index (χ2n) is 8.37. The van der Waals surface area contributed by atoms with Gasteiger partial charge in [0.2, 0.25) is 5.95 Å². The van der Waals surface area contributed by atoms with E-state index in [2.05, 4.69) is 20.6 Å². The van der Waals surface area contributed by atoms with Crippen LogP contribution in [0.25, 0.3) is 22.9 Å². The number of aromatic nitrogens is 4. The van der Waals surface area contributed by atoms with Crippen molar-refractivity contribution >= 4 is 40.9 Å². The number of fused-ring (bicyclic) bond motifs is 1. The highest BCUT2D eigenvalue weighted by Crippen LogP contribution is 2.40. The lowest BCUT2D eigenvalue weighted by atomic mass is 9.95. The average Bonchev–Trinajstić information content (AvgIpc) is 3.07. The van der Waals surface area contributed by atoms with Crippen molar-refractivity contribution < 1.29 is 0 Å². The molecule has 1 aliphatic carbocycles. The summed E-state index contributed by atoms with van der Waals surface area (Å²) in [5.74, 6) is 1.34. The molecule has 0 saturated heterocycles. The molecular formula is C24H30Cl2N6. The van der Waals surface area contributed by atoms with Crippen LogP contribution in [-0.4, -0.2) is 38.7 Å². The van der Waals surface area contributed by atoms with Gasteiger partial charge < -0.3 is 10.6 Å². The van der Waals surface area contributed by atoms with Crippen molar-refractivity contribution in [2.75, 3.05) is 18.4 Å². The van der Waals surface area contributed by atoms with Gasteiger partial charge in [-0.2, -0.15) is 14.6 Å². The first kappa shape index (κ1) is 23.0. The number of benzene rings is 1. The van der Waals surface area contributed by atoms with Gasteiger partial charge in [0.15, 0.2) is 5.65 Å². The predicted molar refractivity (Wildman–Crippen MR) is 134 cm³/mol. The summed E-state index contributed by atoms with van der Waals surface area (Å²) in [6.07, 6.45) is 10.5. The Morgan fingerprint density at radius 3 is 2.44 bits per heavy atom. The monoisotopic (exact) mass is 472 g/mol. The molecule has 1 saturated carbocycles. The summed E-state index contributed by atoms with van der Waals surface area (Å²) < 4.78 is 1.75. The summed E-state index contributed by atoms with van der Waals surface area (Å²) in [6, 6.07) is 4.46. The summed E-state index contributed by atoms with van der Waals surface area (Å²) in [5, 5.41) is 12.9. The lowest BCUT2D eigenvalue weighted by Crippen LogP contribution is -2.34. The van der Waals surface area contributed by atoms with E-state index in [9.17, 15) is 0 Å². The summed E-state index contributed by atoms with van der Waals surface area (Å²) in [7, 11) is 0. The number of anilines is 1. The number of hydrogen-bond donors (Lipinski definition) is 2. The fourth-order valence-electron chi connectivity index (χ4n) is 4.43. The Morgan fingerprint density at radius 1 is 1.03 bits per heavy atom. The molecule has 0 atom stereocenters. The van der Waals surface area contributed by atoms with Crippen LogP contribution in [0.15, 0.2) is 18.2 Å². The van der Waals surface area contributed by atoms with Gasteiger partial charge in [-0.1, -0.05) is 54.6 Å². The Bertz CT molecular complexity index is 1110. The number of halogens is 2. The summed E-state index contributed by atoms with van der Waals surface area (Å²) in [4.78, 5) is 9.27. The first-order valence-corrected chi connectivity index (χ1v) is 12.1. The van der Waals surface area contributed by atoms with Crippen LogP contribution in [0.2, 0.25) is 10.0 Å². The molecule has 2 N–H and O–H groups in total. The van der Waals surface area contributed by atoms with Gasteiger partial charge in [0.25, 0.3) is 0 Å². The van der Waals surface area contributed by atoms with Crippen molar-refractivity contribution in [3.05, 3.63) is 45.3 Å². The van der Waals surface area contributed by atoms with E-state index in [1.54, 1.807) is 4.52 Å². The zero-order valence-corrected chi connectivity index (χ0v) is 20.4. The number of allylic oxidation sites excluding steroid dienone is 1. The molecule has 1 fully saturated rings. The normalized spacial score (nSPS) is 15.2. The van der Waals surface area contributed by atoms with Crippen LogP contribution >= 0.6 is 23.2 Å². The molecule has 32 heavy (non-hydrogen) atoms. The van der Waals surface area contributed by atoms with E-state index in [0.717, 1.165) is 35.5 Å². The van der Waals surface area contributed by atoms with Crippen LogP contribution in [0, 0.1) is 13.8 Å². The van der Waals surface area contributed by atoms with E-state index >= 15 is 0 Å². The molecule has 0 spiro atoms. The molecule has 4 rings (SSSR count). The second-order valence-corrected chi connectivity index (χ2v) is 9.18. The highest BCUT2D eigenvalue weighted by atomic mass is 35.5. The zero-order valence-electron chi connectivity index (χ0n) is 18.9. The highest BCUT2D eigenvalue weighted by molar-refractivity contribution is 6.39. The van der Waals surface area contributed by atoms with Crippen molar-refractivity contribution in [2.24, 2.45) is 0 Å². The molecule has 170 valence electrons. The van der Waals surface area contributed by atoms with Crippen LogP contribution in [-0.2, 0) is 0 Å². The third kappa shape index (κ3) is 4.92. The van der Waals surface area contributed by atoms with Crippen molar-refractivity contribution in [1.82, 2.24) is 24.9 Å². The first-order valence-electron chi connectivity index (χ1n) is 11.3. The van der Waals surface area contributed by atoms with Crippen LogP contribution in [0.4, 0.5) is 5.95 Å². The van der Waals surface area contributed by atoms with Gasteiger partial charge in [-0.15, -0.1) is 0 Å². The molecule has 6 nitrogen and oxygen atoms in total. The quantitative estimate of drug-likeness (QED) is 0.407. The summed E-state index contributed by atoms with van der Waals surface area (Å²) >= 11 is 13.3. The maximum absolute atomic E-state index is 6.67. The maximum Gasteiger partial charge on any atom is 0.227 e. The van der Waals surface area contributed by atoms with Gasteiger partial charge in [-0.25, -0.2) is 4.98 Å². The van der Waals surface area contributed by atoms with E-state index in [4.69, 9.17) is 28.3 Å². The van der Waals surface area contributed by atoms with E-state index < -0.39 is 0 Å². The van der Waals surface area contributed by atoms with Crippen molar-refractivity contribution in [3.63, 3.8) is 0 Å². The van der Waals surface area contributed by atoms with E-state index in [1.807, 2.05) is 45.1 Å². The van der Waals surface area contributed by atoms with Crippen molar-refractivity contribution in [3.8, 4) is 11.1 Å². The number of aryl methyl sites for hydroxylation is 2. The second kappa shape index (κ2) is 10.2. The number of nitrogens with one attached hydrogen (secondary N) is 2. The molecule has 1 aromatic carbocycles. The fraction of sp³-hybridized carbons (Fsp3) is 0.458. The Balaban J connectivity index is 1.62. The minimum atomic E-state index is 0.575. The molecule has 3 aromatic rings. The Morgan fingerprint density at radius 2 is 1.75 bits per heavy atom. The van der Waals surface area contributed by atoms with Gasteiger partial charge in [0, 0.05) is 24.7 Å². The molecular weight excluding hydrogens is 443 g/mol. The van der Waals surface area contributed by atoms with Crippen LogP contribution in [0.5, 0.6) is 0 Å². The SMILES string of the molecule is C/C=C\c1cc(Cl)c(-c2c(C)nn3c(NCCNC4CCCCC4)nc(C)nc23)c(Cl)c1. The van der Waals surface area contributed by atoms with Crippen molar-refractivity contribution in [2.45, 2.75) is 58.9 Å². The number of hydrogen-bond acceptors (Lipinski definition) is 5. The van der Waals surface area contributed by atoms with Crippen molar-refractivity contribution in [1.29, 1.82) is 0 Å². The third-order valence-corrected chi connectivity index (χ3v) is 6.49. The largest absolute Gasteiger partial charge is 0.353 e. The molecule has 0 radical (unpaired) electrons. The Kier molecular flexibility index (Phi) is 7.33. The van der Waals surface area contributed by atoms with Gasteiger partial charge in [-0.05, 0) is 51.3 Å². The lowest BCUT2D eigenvalue weighted by molar-refractivity contribution is 0.378. The lowest BCUT2D eigenvalue weighted by Gasteiger charge is -2.22. The fourth-order valence-corrected chi connectivity index (χ4v) is 5.12. The average molecular weight is 473 g/mol. The highest BCUT2D eigenvalue weighted by Gasteiger charge is 2.21. The molecule has 0 amide bonds. The molecule has 0 bridgehead atoms. The maximum atomic E-state index is 6.67. The molecule has 0 unspecified atom stereocenters. The van der Waals surface area contributed by atoms with Gasteiger partial charge in [-0.3, -0.25) is 0 Å².